The number of nitrogens with zero attached hydrogens (tertiary/aromatic N) is 1. The van der Waals surface area contributed by atoms with E-state index in [2.05, 4.69) is 21.2 Å². The number of anilines is 2. The number of halogens is 2. The summed E-state index contributed by atoms with van der Waals surface area (Å²) in [6.07, 6.45) is 1.37. The zero-order valence-corrected chi connectivity index (χ0v) is 21.5. The van der Waals surface area contributed by atoms with Crippen LogP contribution in [-0.2, 0) is 24.5 Å². The third kappa shape index (κ3) is 3.34. The highest BCUT2D eigenvalue weighted by Gasteiger charge is 2.62. The zero-order valence-electron chi connectivity index (χ0n) is 19.2. The van der Waals surface area contributed by atoms with Gasteiger partial charge in [0.25, 0.3) is 0 Å². The van der Waals surface area contributed by atoms with Gasteiger partial charge in [-0.15, -0.1) is 0 Å². The molecule has 1 unspecified atom stereocenters. The number of benzene rings is 2. The largest absolute Gasteiger partial charge is 0.462 e. The molecule has 1 amide bonds. The maximum atomic E-state index is 13.9. The van der Waals surface area contributed by atoms with E-state index in [0.29, 0.717) is 40.5 Å². The number of nitrogens with two attached hydrogens (primary N) is 1. The highest BCUT2D eigenvalue weighted by atomic mass is 79.9. The topological polar surface area (TPSA) is 102 Å². The van der Waals surface area contributed by atoms with Gasteiger partial charge in [0, 0.05) is 38.4 Å². The number of allylic oxidation sites excluding steroid dienone is 1. The van der Waals surface area contributed by atoms with Gasteiger partial charge in [-0.2, -0.15) is 0 Å². The van der Waals surface area contributed by atoms with E-state index >= 15 is 0 Å². The molecule has 2 aromatic carbocycles. The van der Waals surface area contributed by atoms with E-state index in [1.54, 1.807) is 30.0 Å². The molecule has 1 aliphatic carbocycles. The van der Waals surface area contributed by atoms with Gasteiger partial charge in [0.05, 0.1) is 12.3 Å². The SMILES string of the molecule is CCOC(=O)C1=C(N)N(c2ccc(Br)cc2C)C2=C(C(=O)CCC2)C12C(=O)Nc1ccc(Cl)cc12. The van der Waals surface area contributed by atoms with Gasteiger partial charge in [-0.3, -0.25) is 14.5 Å². The lowest BCUT2D eigenvalue weighted by Gasteiger charge is -2.44. The molecular weight excluding hydrogens is 534 g/mol. The van der Waals surface area contributed by atoms with Crippen molar-refractivity contribution < 1.29 is 19.1 Å². The Labute approximate surface area is 216 Å². The number of amides is 1. The Morgan fingerprint density at radius 2 is 2.00 bits per heavy atom. The van der Waals surface area contributed by atoms with Crippen LogP contribution in [0, 0.1) is 6.92 Å². The zero-order chi connectivity index (χ0) is 25.1. The van der Waals surface area contributed by atoms with E-state index < -0.39 is 17.3 Å². The van der Waals surface area contributed by atoms with Gasteiger partial charge in [-0.25, -0.2) is 4.79 Å². The van der Waals surface area contributed by atoms with Gasteiger partial charge in [-0.1, -0.05) is 27.5 Å². The van der Waals surface area contributed by atoms with Gasteiger partial charge in [0.15, 0.2) is 5.78 Å². The Balaban J connectivity index is 1.92. The van der Waals surface area contributed by atoms with E-state index in [1.165, 1.54) is 0 Å². The van der Waals surface area contributed by atoms with Crippen LogP contribution in [-0.4, -0.2) is 24.3 Å². The fraction of sp³-hybridized carbons (Fsp3) is 0.269. The molecule has 0 radical (unpaired) electrons. The number of carbonyl (C=O) groups excluding carboxylic acids is 3. The van der Waals surface area contributed by atoms with E-state index in [9.17, 15) is 14.4 Å². The van der Waals surface area contributed by atoms with Crippen LogP contribution in [0.25, 0.3) is 0 Å². The second kappa shape index (κ2) is 8.53. The van der Waals surface area contributed by atoms with Crippen molar-refractivity contribution in [2.45, 2.75) is 38.5 Å². The van der Waals surface area contributed by atoms with Crippen molar-refractivity contribution in [1.29, 1.82) is 0 Å². The first-order chi connectivity index (χ1) is 16.7. The number of fused-ring (bicyclic) bond motifs is 3. The highest BCUT2D eigenvalue weighted by Crippen LogP contribution is 2.56. The number of esters is 1. The third-order valence-corrected chi connectivity index (χ3v) is 7.48. The normalized spacial score (nSPS) is 21.3. The Hall–Kier alpha value is -3.10. The van der Waals surface area contributed by atoms with Gasteiger partial charge < -0.3 is 15.8 Å². The number of hydrogen-bond acceptors (Lipinski definition) is 6. The van der Waals surface area contributed by atoms with E-state index in [1.807, 2.05) is 25.1 Å². The number of ketones is 1. The number of aryl methyl sites for hydroxylation is 1. The smallest absolute Gasteiger partial charge is 0.339 e. The summed E-state index contributed by atoms with van der Waals surface area (Å²) in [5.74, 6) is -1.41. The van der Waals surface area contributed by atoms with Crippen molar-refractivity contribution in [1.82, 2.24) is 0 Å². The van der Waals surface area contributed by atoms with Crippen molar-refractivity contribution >= 4 is 56.6 Å². The van der Waals surface area contributed by atoms with E-state index in [4.69, 9.17) is 22.1 Å². The lowest BCUT2D eigenvalue weighted by atomic mass is 9.63. The molecule has 7 nitrogen and oxygen atoms in total. The number of Topliss-reactive ketones (excluding diaryl/α,β-unsaturated/α-hetero) is 1. The lowest BCUT2D eigenvalue weighted by molar-refractivity contribution is -0.140. The molecule has 0 saturated carbocycles. The fourth-order valence-electron chi connectivity index (χ4n) is 5.43. The number of carbonyl (C=O) groups is 3. The average Bonchev–Trinajstić information content (AvgIpc) is 3.07. The molecule has 0 fully saturated rings. The summed E-state index contributed by atoms with van der Waals surface area (Å²) in [5, 5.41) is 3.23. The summed E-state index contributed by atoms with van der Waals surface area (Å²) >= 11 is 9.84. The van der Waals surface area contributed by atoms with Crippen molar-refractivity contribution in [3.05, 3.63) is 79.7 Å². The lowest BCUT2D eigenvalue weighted by Crippen LogP contribution is -2.53. The third-order valence-electron chi connectivity index (χ3n) is 6.76. The summed E-state index contributed by atoms with van der Waals surface area (Å²) < 4.78 is 6.31. The molecule has 0 saturated heterocycles. The molecule has 9 heteroatoms. The number of ether oxygens (including phenoxy) is 1. The summed E-state index contributed by atoms with van der Waals surface area (Å²) in [4.78, 5) is 42.8. The second-order valence-electron chi connectivity index (χ2n) is 8.74. The first kappa shape index (κ1) is 23.6. The van der Waals surface area contributed by atoms with Crippen LogP contribution in [0.4, 0.5) is 11.4 Å². The van der Waals surface area contributed by atoms with Gasteiger partial charge in [0.1, 0.15) is 16.8 Å². The molecule has 35 heavy (non-hydrogen) atoms. The Morgan fingerprint density at radius 1 is 1.23 bits per heavy atom. The molecule has 3 N–H and O–H groups in total. The first-order valence-corrected chi connectivity index (χ1v) is 12.5. The van der Waals surface area contributed by atoms with Crippen LogP contribution >= 0.6 is 27.5 Å². The standard InChI is InChI=1S/C26H23BrClN3O4/c1-3-35-24(33)22-23(29)31(18-10-7-14(27)11-13(18)2)19-5-4-6-20(32)21(19)26(22)16-12-15(28)8-9-17(16)30-25(26)34/h7-12H,3-6,29H2,1-2H3,(H,30,34). The molecule has 2 aliphatic heterocycles. The van der Waals surface area contributed by atoms with Crippen LogP contribution in [0.2, 0.25) is 5.02 Å². The fourth-order valence-corrected chi connectivity index (χ4v) is 6.07. The Bertz CT molecular complexity index is 1380. The molecule has 2 aromatic rings. The average molecular weight is 557 g/mol. The maximum absolute atomic E-state index is 13.9. The number of nitrogens with one attached hydrogen (secondary N) is 1. The number of rotatable bonds is 3. The van der Waals surface area contributed by atoms with Crippen LogP contribution in [0.1, 0.15) is 37.3 Å². The van der Waals surface area contributed by atoms with E-state index in [-0.39, 0.29) is 35.8 Å². The molecule has 1 atom stereocenters. The molecule has 3 aliphatic rings. The highest BCUT2D eigenvalue weighted by molar-refractivity contribution is 9.10. The summed E-state index contributed by atoms with van der Waals surface area (Å²) in [6.45, 7) is 3.67. The van der Waals surface area contributed by atoms with Crippen molar-refractivity contribution in [3.63, 3.8) is 0 Å². The van der Waals surface area contributed by atoms with Crippen LogP contribution in [0.5, 0.6) is 0 Å². The minimum atomic E-state index is -1.75. The minimum absolute atomic E-state index is 0.0605. The van der Waals surface area contributed by atoms with Gasteiger partial charge in [-0.05, 0) is 68.7 Å². The van der Waals surface area contributed by atoms with Crippen molar-refractivity contribution in [3.8, 4) is 0 Å². The van der Waals surface area contributed by atoms with E-state index in [0.717, 1.165) is 10.0 Å². The molecule has 0 bridgehead atoms. The second-order valence-corrected chi connectivity index (χ2v) is 10.1. The van der Waals surface area contributed by atoms with Gasteiger partial charge in [0.2, 0.25) is 5.91 Å². The molecule has 180 valence electrons. The summed E-state index contributed by atoms with van der Waals surface area (Å²) in [5.41, 5.74) is 8.34. The van der Waals surface area contributed by atoms with Crippen LogP contribution in [0.15, 0.2) is 63.5 Å². The minimum Gasteiger partial charge on any atom is -0.462 e. The maximum Gasteiger partial charge on any atom is 0.339 e. The molecule has 2 heterocycles. The quantitative estimate of drug-likeness (QED) is 0.524. The first-order valence-electron chi connectivity index (χ1n) is 11.3. The van der Waals surface area contributed by atoms with Crippen molar-refractivity contribution in [2.24, 2.45) is 5.73 Å². The molecule has 0 aromatic heterocycles. The van der Waals surface area contributed by atoms with Crippen molar-refractivity contribution in [2.75, 3.05) is 16.8 Å². The molecule has 5 rings (SSSR count). The Kier molecular flexibility index (Phi) is 5.76. The summed E-state index contributed by atoms with van der Waals surface area (Å²) in [7, 11) is 0. The Morgan fingerprint density at radius 3 is 2.71 bits per heavy atom. The van der Waals surface area contributed by atoms with Crippen LogP contribution < -0.4 is 16.0 Å². The van der Waals surface area contributed by atoms with Crippen LogP contribution in [0.3, 0.4) is 0 Å². The summed E-state index contributed by atoms with van der Waals surface area (Å²) in [6, 6.07) is 10.6. The molecule has 1 spiro atoms. The predicted molar refractivity (Wildman–Crippen MR) is 137 cm³/mol. The van der Waals surface area contributed by atoms with Gasteiger partial charge >= 0.3 is 5.97 Å². The monoisotopic (exact) mass is 555 g/mol. The number of hydrogen-bond donors (Lipinski definition) is 2. The molecular formula is C26H23BrClN3O4. The predicted octanol–water partition coefficient (Wildman–Crippen LogP) is 4.86.